The molecule has 6 nitrogen and oxygen atoms in total. The predicted molar refractivity (Wildman–Crippen MR) is 320 cm³/mol. The molecule has 0 saturated carbocycles. The standard InChI is InChI=1S/C68H116O6/c1-4-7-10-13-16-19-22-25-28-30-31-32-33-34-35-36-37-38-41-43-46-49-52-55-58-61-67(70)73-64-65(63-72-66(69)60-57-54-51-48-45-42-39-27-24-21-18-15-12-9-6-3)74-68(71)62-59-56-53-50-47-44-40-29-26-23-20-17-14-11-8-5-2/h7,9-10,12,16,18-19,21,25,27-28,31-32,34-35,39,65H,4-6,8,11,13-15,17,20,22-24,26,29-30,33,36-38,40-64H2,1-3H3/b10-7-,12-9-,19-16-,21-18-,28-25-,32-31-,35-34-,39-27-. The molecule has 0 radical (unpaired) electrons. The van der Waals surface area contributed by atoms with Crippen LogP contribution in [-0.4, -0.2) is 37.2 Å². The molecule has 0 aromatic heterocycles. The van der Waals surface area contributed by atoms with Crippen molar-refractivity contribution >= 4 is 17.9 Å². The van der Waals surface area contributed by atoms with Crippen LogP contribution in [0.2, 0.25) is 0 Å². The van der Waals surface area contributed by atoms with Crippen molar-refractivity contribution in [1.29, 1.82) is 0 Å². The van der Waals surface area contributed by atoms with Gasteiger partial charge in [0.05, 0.1) is 0 Å². The lowest BCUT2D eigenvalue weighted by atomic mass is 10.0. The van der Waals surface area contributed by atoms with Gasteiger partial charge in [0.2, 0.25) is 0 Å². The number of rotatable bonds is 56. The molecule has 424 valence electrons. The minimum atomic E-state index is -0.787. The van der Waals surface area contributed by atoms with Crippen LogP contribution in [0.3, 0.4) is 0 Å². The summed E-state index contributed by atoms with van der Waals surface area (Å²) in [7, 11) is 0. The Morgan fingerprint density at radius 2 is 0.527 bits per heavy atom. The van der Waals surface area contributed by atoms with Gasteiger partial charge in [-0.15, -0.1) is 0 Å². The van der Waals surface area contributed by atoms with E-state index >= 15 is 0 Å². The maximum Gasteiger partial charge on any atom is 0.306 e. The second-order valence-electron chi connectivity index (χ2n) is 20.6. The fraction of sp³-hybridized carbons (Fsp3) is 0.721. The molecular formula is C68H116O6. The van der Waals surface area contributed by atoms with Crippen molar-refractivity contribution < 1.29 is 28.6 Å². The SMILES string of the molecule is CC/C=C\C/C=C\C/C=C\C/C=C\C/C=C\CCCCCCCCCCCC(=O)OCC(COC(=O)CCCCCCC/C=C\C/C=C\C/C=C\CC)OC(=O)CCCCCCCCCCCCCCCCCC. The average molecular weight is 1030 g/mol. The van der Waals surface area contributed by atoms with Gasteiger partial charge in [-0.05, 0) is 96.3 Å². The normalized spacial score (nSPS) is 12.7. The molecule has 0 heterocycles. The van der Waals surface area contributed by atoms with Crippen molar-refractivity contribution in [3.05, 3.63) is 97.2 Å². The fourth-order valence-corrected chi connectivity index (χ4v) is 8.72. The number of allylic oxidation sites excluding steroid dienone is 16. The number of unbranched alkanes of at least 4 members (excludes halogenated alkanes) is 29. The molecule has 0 aromatic carbocycles. The molecule has 0 aliphatic heterocycles. The molecule has 0 amide bonds. The molecule has 74 heavy (non-hydrogen) atoms. The molecule has 0 N–H and O–H groups in total. The quantitative estimate of drug-likeness (QED) is 0.0261. The minimum absolute atomic E-state index is 0.0844. The van der Waals surface area contributed by atoms with E-state index in [2.05, 4.69) is 118 Å². The second kappa shape index (κ2) is 61.9. The van der Waals surface area contributed by atoms with Crippen molar-refractivity contribution in [2.75, 3.05) is 13.2 Å². The van der Waals surface area contributed by atoms with Crippen LogP contribution in [0.1, 0.15) is 297 Å². The molecule has 0 spiro atoms. The van der Waals surface area contributed by atoms with E-state index in [0.29, 0.717) is 19.3 Å². The summed E-state index contributed by atoms with van der Waals surface area (Å²) in [4.78, 5) is 38.3. The monoisotopic (exact) mass is 1030 g/mol. The van der Waals surface area contributed by atoms with Crippen molar-refractivity contribution in [1.82, 2.24) is 0 Å². The van der Waals surface area contributed by atoms with Crippen LogP contribution in [0.15, 0.2) is 97.2 Å². The molecule has 0 rings (SSSR count). The first kappa shape index (κ1) is 70.3. The molecule has 1 atom stereocenters. The van der Waals surface area contributed by atoms with E-state index in [1.165, 1.54) is 122 Å². The summed E-state index contributed by atoms with van der Waals surface area (Å²) < 4.78 is 16.9. The van der Waals surface area contributed by atoms with Crippen LogP contribution in [-0.2, 0) is 28.6 Å². The topological polar surface area (TPSA) is 78.9 Å². The van der Waals surface area contributed by atoms with Gasteiger partial charge in [0.15, 0.2) is 6.10 Å². The van der Waals surface area contributed by atoms with Gasteiger partial charge in [-0.3, -0.25) is 14.4 Å². The number of hydrogen-bond acceptors (Lipinski definition) is 6. The van der Waals surface area contributed by atoms with Crippen molar-refractivity contribution in [2.45, 2.75) is 303 Å². The number of esters is 3. The third-order valence-electron chi connectivity index (χ3n) is 13.3. The van der Waals surface area contributed by atoms with E-state index in [1.807, 2.05) is 0 Å². The van der Waals surface area contributed by atoms with E-state index in [0.717, 1.165) is 135 Å². The highest BCUT2D eigenvalue weighted by atomic mass is 16.6. The lowest BCUT2D eigenvalue weighted by Crippen LogP contribution is -2.30. The highest BCUT2D eigenvalue weighted by Crippen LogP contribution is 2.16. The highest BCUT2D eigenvalue weighted by molar-refractivity contribution is 5.71. The first-order chi connectivity index (χ1) is 36.5. The first-order valence-corrected chi connectivity index (χ1v) is 31.2. The average Bonchev–Trinajstić information content (AvgIpc) is 3.40. The van der Waals surface area contributed by atoms with Crippen LogP contribution in [0, 0.1) is 0 Å². The first-order valence-electron chi connectivity index (χ1n) is 31.2. The lowest BCUT2D eigenvalue weighted by molar-refractivity contribution is -0.167. The van der Waals surface area contributed by atoms with Crippen molar-refractivity contribution in [3.63, 3.8) is 0 Å². The van der Waals surface area contributed by atoms with Gasteiger partial charge in [-0.25, -0.2) is 0 Å². The summed E-state index contributed by atoms with van der Waals surface area (Å²) in [5, 5.41) is 0. The van der Waals surface area contributed by atoms with Gasteiger partial charge in [0.25, 0.3) is 0 Å². The molecule has 0 aromatic rings. The Bertz CT molecular complexity index is 1460. The minimum Gasteiger partial charge on any atom is -0.462 e. The van der Waals surface area contributed by atoms with Crippen LogP contribution in [0.4, 0.5) is 0 Å². The number of ether oxygens (including phenoxy) is 3. The van der Waals surface area contributed by atoms with Gasteiger partial charge in [-0.2, -0.15) is 0 Å². The second-order valence-corrected chi connectivity index (χ2v) is 20.6. The third kappa shape index (κ3) is 59.2. The van der Waals surface area contributed by atoms with Crippen LogP contribution in [0.25, 0.3) is 0 Å². The van der Waals surface area contributed by atoms with E-state index in [9.17, 15) is 14.4 Å². The summed E-state index contributed by atoms with van der Waals surface area (Å²) in [5.41, 5.74) is 0. The van der Waals surface area contributed by atoms with Crippen molar-refractivity contribution in [3.8, 4) is 0 Å². The third-order valence-corrected chi connectivity index (χ3v) is 13.3. The van der Waals surface area contributed by atoms with Gasteiger partial charge in [0.1, 0.15) is 13.2 Å². The zero-order valence-corrected chi connectivity index (χ0v) is 48.6. The van der Waals surface area contributed by atoms with Gasteiger partial charge in [0, 0.05) is 19.3 Å². The molecular weight excluding hydrogens is 913 g/mol. The van der Waals surface area contributed by atoms with Crippen LogP contribution in [0.5, 0.6) is 0 Å². The molecule has 1 unspecified atom stereocenters. The Hall–Kier alpha value is -3.67. The van der Waals surface area contributed by atoms with Gasteiger partial charge >= 0.3 is 17.9 Å². The summed E-state index contributed by atoms with van der Waals surface area (Å²) in [6.07, 6.45) is 82.6. The Morgan fingerprint density at radius 1 is 0.284 bits per heavy atom. The number of hydrogen-bond donors (Lipinski definition) is 0. The number of carbonyl (C=O) groups excluding carboxylic acids is 3. The van der Waals surface area contributed by atoms with Crippen LogP contribution < -0.4 is 0 Å². The Labute approximate surface area is 457 Å². The maximum atomic E-state index is 12.9. The van der Waals surface area contributed by atoms with E-state index in [4.69, 9.17) is 14.2 Å². The maximum absolute atomic E-state index is 12.9. The molecule has 0 aliphatic carbocycles. The number of carbonyl (C=O) groups is 3. The Morgan fingerprint density at radius 3 is 0.824 bits per heavy atom. The lowest BCUT2D eigenvalue weighted by Gasteiger charge is -2.18. The zero-order chi connectivity index (χ0) is 53.6. The predicted octanol–water partition coefficient (Wildman–Crippen LogP) is 21.3. The zero-order valence-electron chi connectivity index (χ0n) is 48.6. The Balaban J connectivity index is 4.35. The highest BCUT2D eigenvalue weighted by Gasteiger charge is 2.19. The molecule has 6 heteroatoms. The smallest absolute Gasteiger partial charge is 0.306 e. The molecule has 0 aliphatic rings. The molecule has 0 saturated heterocycles. The van der Waals surface area contributed by atoms with Crippen LogP contribution >= 0.6 is 0 Å². The Kier molecular flexibility index (Phi) is 58.8. The van der Waals surface area contributed by atoms with E-state index < -0.39 is 6.10 Å². The van der Waals surface area contributed by atoms with E-state index in [-0.39, 0.29) is 31.1 Å². The molecule has 0 fully saturated rings. The fourth-order valence-electron chi connectivity index (χ4n) is 8.72. The van der Waals surface area contributed by atoms with Gasteiger partial charge < -0.3 is 14.2 Å². The largest absolute Gasteiger partial charge is 0.462 e. The summed E-state index contributed by atoms with van der Waals surface area (Å²) >= 11 is 0. The summed E-state index contributed by atoms with van der Waals surface area (Å²) in [6.45, 7) is 6.42. The van der Waals surface area contributed by atoms with E-state index in [1.54, 1.807) is 0 Å². The summed E-state index contributed by atoms with van der Waals surface area (Å²) in [6, 6.07) is 0. The van der Waals surface area contributed by atoms with Crippen molar-refractivity contribution in [2.24, 2.45) is 0 Å². The molecule has 0 bridgehead atoms. The van der Waals surface area contributed by atoms with Gasteiger partial charge in [-0.1, -0.05) is 279 Å². The summed E-state index contributed by atoms with van der Waals surface area (Å²) in [5.74, 6) is -0.896.